The van der Waals surface area contributed by atoms with Crippen molar-refractivity contribution in [3.63, 3.8) is 0 Å². The van der Waals surface area contributed by atoms with Gasteiger partial charge in [0, 0.05) is 12.8 Å². The van der Waals surface area contributed by atoms with Gasteiger partial charge < -0.3 is 9.84 Å². The van der Waals surface area contributed by atoms with Crippen LogP contribution in [0, 0.1) is 0 Å². The average Bonchev–Trinajstić information content (AvgIpc) is 2.79. The Hall–Kier alpha value is -2.27. The number of benzene rings is 2. The van der Waals surface area contributed by atoms with Gasteiger partial charge in [-0.25, -0.2) is 0 Å². The normalized spacial score (nSPS) is 10.9. The van der Waals surface area contributed by atoms with Crippen molar-refractivity contribution in [3.8, 4) is 0 Å². The van der Waals surface area contributed by atoms with E-state index in [9.17, 15) is 9.59 Å². The average molecular weight is 444 g/mol. The van der Waals surface area contributed by atoms with Gasteiger partial charge in [-0.15, -0.1) is 0 Å². The Labute approximate surface area is 189 Å². The minimum absolute atomic E-state index is 0.116. The van der Waals surface area contributed by atoms with E-state index < -0.39 is 5.97 Å². The monoisotopic (exact) mass is 443 g/mol. The third kappa shape index (κ3) is 11.1. The summed E-state index contributed by atoms with van der Waals surface area (Å²) in [5.74, 6) is 0.164. The van der Waals surface area contributed by atoms with Crippen molar-refractivity contribution in [1.82, 2.24) is 0 Å². The lowest BCUT2D eigenvalue weighted by atomic mass is 10.1. The third-order valence-corrected chi connectivity index (χ3v) is 7.46. The second-order valence-corrected chi connectivity index (χ2v) is 9.80. The number of unbranched alkanes of at least 4 members (excludes halogenated alkanes) is 6. The highest BCUT2D eigenvalue weighted by molar-refractivity contribution is 7.97. The number of esters is 1. The van der Waals surface area contributed by atoms with Crippen LogP contribution in [0.15, 0.2) is 70.5 Å². The molecule has 0 saturated carbocycles. The molecular weight excluding hydrogens is 408 g/mol. The lowest BCUT2D eigenvalue weighted by molar-refractivity contribution is -0.144. The molecule has 0 atom stereocenters. The van der Waals surface area contributed by atoms with Crippen LogP contribution in [0.3, 0.4) is 0 Å². The molecule has 2 rings (SSSR count). The van der Waals surface area contributed by atoms with Crippen LogP contribution in [0.2, 0.25) is 0 Å². The number of hydrogen-bond donors (Lipinski definition) is 1. The molecule has 31 heavy (non-hydrogen) atoms. The number of hydrogen-bond acceptors (Lipinski definition) is 3. The summed E-state index contributed by atoms with van der Waals surface area (Å²) in [5.41, 5.74) is 0. The molecular formula is C26H35O4S+. The van der Waals surface area contributed by atoms with E-state index in [1.54, 1.807) is 0 Å². The molecule has 0 fully saturated rings. The maximum absolute atomic E-state index is 11.6. The van der Waals surface area contributed by atoms with Crippen LogP contribution >= 0.6 is 0 Å². The van der Waals surface area contributed by atoms with E-state index in [0.717, 1.165) is 12.8 Å². The summed E-state index contributed by atoms with van der Waals surface area (Å²) in [4.78, 5) is 24.9. The fourth-order valence-electron chi connectivity index (χ4n) is 3.40. The van der Waals surface area contributed by atoms with Gasteiger partial charge in [-0.2, -0.15) is 0 Å². The first kappa shape index (κ1) is 25.0. The second-order valence-electron chi connectivity index (χ2n) is 7.66. The van der Waals surface area contributed by atoms with Crippen molar-refractivity contribution in [2.75, 3.05) is 12.4 Å². The molecule has 0 radical (unpaired) electrons. The summed E-state index contributed by atoms with van der Waals surface area (Å²) in [5, 5.41) is 8.57. The Bertz CT molecular complexity index is 709. The third-order valence-electron chi connectivity index (χ3n) is 5.08. The van der Waals surface area contributed by atoms with E-state index in [1.807, 2.05) is 0 Å². The molecule has 168 valence electrons. The summed E-state index contributed by atoms with van der Waals surface area (Å²) in [6, 6.07) is 21.6. The SMILES string of the molecule is O=C(O)CCCCC(=O)OCCCCCCCC[S+](c1ccccc1)c1ccccc1. The number of carbonyl (C=O) groups excluding carboxylic acids is 1. The quantitative estimate of drug-likeness (QED) is 0.189. The second kappa shape index (κ2) is 15.5. The van der Waals surface area contributed by atoms with E-state index in [1.165, 1.54) is 41.2 Å². The molecule has 1 N–H and O–H groups in total. The Morgan fingerprint density at radius 1 is 0.677 bits per heavy atom. The van der Waals surface area contributed by atoms with Crippen molar-refractivity contribution < 1.29 is 19.4 Å². The predicted molar refractivity (Wildman–Crippen MR) is 126 cm³/mol. The largest absolute Gasteiger partial charge is 0.481 e. The summed E-state index contributed by atoms with van der Waals surface area (Å²) < 4.78 is 5.22. The molecule has 2 aromatic rings. The lowest BCUT2D eigenvalue weighted by Crippen LogP contribution is -2.09. The first-order chi connectivity index (χ1) is 15.2. The predicted octanol–water partition coefficient (Wildman–Crippen LogP) is 6.25. The zero-order valence-corrected chi connectivity index (χ0v) is 19.2. The number of ether oxygens (including phenoxy) is 1. The smallest absolute Gasteiger partial charge is 0.305 e. The molecule has 0 aliphatic carbocycles. The van der Waals surface area contributed by atoms with Crippen LogP contribution in [-0.4, -0.2) is 29.4 Å². The van der Waals surface area contributed by atoms with Gasteiger partial charge in [-0.1, -0.05) is 55.7 Å². The Balaban J connectivity index is 1.54. The van der Waals surface area contributed by atoms with Crippen molar-refractivity contribution in [1.29, 1.82) is 0 Å². The first-order valence-electron chi connectivity index (χ1n) is 11.4. The number of aliphatic carboxylic acids is 1. The topological polar surface area (TPSA) is 63.6 Å². The van der Waals surface area contributed by atoms with Crippen LogP contribution in [0.4, 0.5) is 0 Å². The molecule has 0 amide bonds. The fraction of sp³-hybridized carbons (Fsp3) is 0.462. The molecule has 0 aliphatic rings. The van der Waals surface area contributed by atoms with E-state index in [4.69, 9.17) is 9.84 Å². The van der Waals surface area contributed by atoms with Crippen LogP contribution in [0.25, 0.3) is 0 Å². The summed E-state index contributed by atoms with van der Waals surface area (Å²) in [7, 11) is 0.137. The van der Waals surface area contributed by atoms with Gasteiger partial charge in [-0.3, -0.25) is 9.59 Å². The first-order valence-corrected chi connectivity index (χ1v) is 12.7. The van der Waals surface area contributed by atoms with Gasteiger partial charge in [-0.05, 0) is 56.4 Å². The van der Waals surface area contributed by atoms with Crippen molar-refractivity contribution in [3.05, 3.63) is 60.7 Å². The van der Waals surface area contributed by atoms with Crippen LogP contribution in [0.5, 0.6) is 0 Å². The zero-order chi connectivity index (χ0) is 22.2. The zero-order valence-electron chi connectivity index (χ0n) is 18.3. The highest BCUT2D eigenvalue weighted by atomic mass is 32.2. The maximum atomic E-state index is 11.6. The molecule has 2 aromatic carbocycles. The molecule has 4 nitrogen and oxygen atoms in total. The number of rotatable bonds is 16. The Morgan fingerprint density at radius 3 is 1.77 bits per heavy atom. The molecule has 0 spiro atoms. The summed E-state index contributed by atoms with van der Waals surface area (Å²) in [6.07, 6.45) is 8.35. The standard InChI is InChI=1S/C26H34O4S/c27-25(28)19-11-12-20-26(29)30-21-13-3-1-2-4-14-22-31(23-15-7-5-8-16-23)24-17-9-6-10-18-24/h5-10,15-18H,1-4,11-14,19-22H2/p+1. The van der Waals surface area contributed by atoms with Gasteiger partial charge in [0.1, 0.15) is 5.75 Å². The van der Waals surface area contributed by atoms with E-state index in [0.29, 0.717) is 25.9 Å². The van der Waals surface area contributed by atoms with E-state index in [2.05, 4.69) is 60.7 Å². The van der Waals surface area contributed by atoms with Gasteiger partial charge in [0.2, 0.25) is 0 Å². The van der Waals surface area contributed by atoms with Gasteiger partial charge >= 0.3 is 11.9 Å². The number of carbonyl (C=O) groups is 2. The summed E-state index contributed by atoms with van der Waals surface area (Å²) >= 11 is 0. The Morgan fingerprint density at radius 2 is 1.19 bits per heavy atom. The van der Waals surface area contributed by atoms with E-state index >= 15 is 0 Å². The summed E-state index contributed by atoms with van der Waals surface area (Å²) in [6.45, 7) is 0.475. The molecule has 0 unspecified atom stereocenters. The fourth-order valence-corrected chi connectivity index (χ4v) is 5.61. The van der Waals surface area contributed by atoms with Crippen LogP contribution in [-0.2, 0) is 25.2 Å². The number of carboxylic acids is 1. The minimum Gasteiger partial charge on any atom is -0.481 e. The van der Waals surface area contributed by atoms with Crippen LogP contribution < -0.4 is 0 Å². The van der Waals surface area contributed by atoms with Crippen molar-refractivity contribution >= 4 is 22.8 Å². The highest BCUT2D eigenvalue weighted by Gasteiger charge is 2.23. The molecule has 0 aliphatic heterocycles. The highest BCUT2D eigenvalue weighted by Crippen LogP contribution is 2.24. The van der Waals surface area contributed by atoms with Crippen molar-refractivity contribution in [2.45, 2.75) is 74.0 Å². The molecule has 0 aromatic heterocycles. The molecule has 5 heteroatoms. The molecule has 0 bridgehead atoms. The van der Waals surface area contributed by atoms with Crippen LogP contribution in [0.1, 0.15) is 64.2 Å². The molecule has 0 saturated heterocycles. The Kier molecular flexibility index (Phi) is 12.5. The van der Waals surface area contributed by atoms with Gasteiger partial charge in [0.15, 0.2) is 9.79 Å². The van der Waals surface area contributed by atoms with Gasteiger partial charge in [0.05, 0.1) is 17.5 Å². The lowest BCUT2D eigenvalue weighted by Gasteiger charge is -2.08. The maximum Gasteiger partial charge on any atom is 0.305 e. The number of carboxylic acid groups (broad SMARTS) is 1. The van der Waals surface area contributed by atoms with Crippen molar-refractivity contribution in [2.24, 2.45) is 0 Å². The molecule has 0 heterocycles. The van der Waals surface area contributed by atoms with Gasteiger partial charge in [0.25, 0.3) is 0 Å². The van der Waals surface area contributed by atoms with E-state index in [-0.39, 0.29) is 23.3 Å². The minimum atomic E-state index is -0.815.